The van der Waals surface area contributed by atoms with E-state index in [0.717, 1.165) is 11.3 Å². The van der Waals surface area contributed by atoms with Crippen molar-refractivity contribution in [3.8, 4) is 5.75 Å². The van der Waals surface area contributed by atoms with Gasteiger partial charge in [-0.3, -0.25) is 4.79 Å². The van der Waals surface area contributed by atoms with Crippen molar-refractivity contribution < 1.29 is 14.3 Å². The molecule has 0 spiro atoms. The molecular weight excluding hydrogens is 192 g/mol. The van der Waals surface area contributed by atoms with Crippen molar-refractivity contribution in [1.82, 2.24) is 0 Å². The third kappa shape index (κ3) is 2.80. The predicted octanol–water partition coefficient (Wildman–Crippen LogP) is 2.36. The molecule has 0 aliphatic rings. The number of ketones is 1. The van der Waals surface area contributed by atoms with Gasteiger partial charge in [-0.05, 0) is 17.7 Å². The number of rotatable bonds is 5. The van der Waals surface area contributed by atoms with Crippen molar-refractivity contribution >= 4 is 5.78 Å². The molecule has 15 heavy (non-hydrogen) atoms. The first-order chi connectivity index (χ1) is 7.22. The van der Waals surface area contributed by atoms with Gasteiger partial charge in [0.1, 0.15) is 11.9 Å². The molecule has 0 saturated carbocycles. The van der Waals surface area contributed by atoms with Crippen LogP contribution in [0.4, 0.5) is 0 Å². The van der Waals surface area contributed by atoms with Gasteiger partial charge in [-0.2, -0.15) is 0 Å². The smallest absolute Gasteiger partial charge is 0.165 e. The van der Waals surface area contributed by atoms with Gasteiger partial charge in [-0.1, -0.05) is 19.1 Å². The number of hydrogen-bond acceptors (Lipinski definition) is 3. The van der Waals surface area contributed by atoms with E-state index in [0.29, 0.717) is 6.42 Å². The SMILES string of the molecule is CCC(=O)C(OC)c1ccc(OC)cc1. The molecule has 0 aromatic heterocycles. The molecule has 0 radical (unpaired) electrons. The molecule has 0 aliphatic carbocycles. The Bertz CT molecular complexity index is 316. The quantitative estimate of drug-likeness (QED) is 0.745. The van der Waals surface area contributed by atoms with Crippen molar-refractivity contribution in [2.24, 2.45) is 0 Å². The van der Waals surface area contributed by atoms with Crippen LogP contribution < -0.4 is 4.74 Å². The molecule has 82 valence electrons. The van der Waals surface area contributed by atoms with E-state index in [9.17, 15) is 4.79 Å². The van der Waals surface area contributed by atoms with E-state index in [1.54, 1.807) is 14.2 Å². The Morgan fingerprint density at radius 1 is 1.27 bits per heavy atom. The van der Waals surface area contributed by atoms with E-state index in [-0.39, 0.29) is 5.78 Å². The van der Waals surface area contributed by atoms with E-state index < -0.39 is 6.10 Å². The maximum atomic E-state index is 11.5. The number of benzene rings is 1. The summed E-state index contributed by atoms with van der Waals surface area (Å²) in [6, 6.07) is 7.34. The number of carbonyl (C=O) groups excluding carboxylic acids is 1. The zero-order valence-electron chi connectivity index (χ0n) is 9.32. The first kappa shape index (κ1) is 11.7. The lowest BCUT2D eigenvalue weighted by Crippen LogP contribution is -2.13. The van der Waals surface area contributed by atoms with Crippen molar-refractivity contribution in [3.63, 3.8) is 0 Å². The van der Waals surface area contributed by atoms with Gasteiger partial charge in [0.25, 0.3) is 0 Å². The highest BCUT2D eigenvalue weighted by molar-refractivity contribution is 5.84. The van der Waals surface area contributed by atoms with Crippen LogP contribution in [0, 0.1) is 0 Å². The fourth-order valence-corrected chi connectivity index (χ4v) is 1.42. The summed E-state index contributed by atoms with van der Waals surface area (Å²) in [5.74, 6) is 0.861. The highest BCUT2D eigenvalue weighted by atomic mass is 16.5. The van der Waals surface area contributed by atoms with Crippen LogP contribution in [0.2, 0.25) is 0 Å². The number of methoxy groups -OCH3 is 2. The van der Waals surface area contributed by atoms with Crippen LogP contribution in [0.1, 0.15) is 25.0 Å². The Morgan fingerprint density at radius 3 is 2.27 bits per heavy atom. The van der Waals surface area contributed by atoms with Crippen LogP contribution in [0.15, 0.2) is 24.3 Å². The summed E-state index contributed by atoms with van der Waals surface area (Å²) in [4.78, 5) is 11.5. The third-order valence-corrected chi connectivity index (χ3v) is 2.30. The second kappa shape index (κ2) is 5.51. The minimum Gasteiger partial charge on any atom is -0.497 e. The highest BCUT2D eigenvalue weighted by Gasteiger charge is 2.17. The molecule has 0 N–H and O–H groups in total. The summed E-state index contributed by atoms with van der Waals surface area (Å²) < 4.78 is 10.2. The summed E-state index contributed by atoms with van der Waals surface area (Å²) in [6.45, 7) is 1.83. The molecule has 1 aromatic carbocycles. The van der Waals surface area contributed by atoms with Crippen molar-refractivity contribution in [3.05, 3.63) is 29.8 Å². The van der Waals surface area contributed by atoms with E-state index in [2.05, 4.69) is 0 Å². The summed E-state index contributed by atoms with van der Waals surface area (Å²) in [5.41, 5.74) is 0.866. The van der Waals surface area contributed by atoms with Crippen LogP contribution in [0.3, 0.4) is 0 Å². The molecule has 1 unspecified atom stereocenters. The molecule has 0 saturated heterocycles. The number of carbonyl (C=O) groups is 1. The topological polar surface area (TPSA) is 35.5 Å². The molecule has 3 nitrogen and oxygen atoms in total. The van der Waals surface area contributed by atoms with E-state index >= 15 is 0 Å². The van der Waals surface area contributed by atoms with E-state index in [1.165, 1.54) is 0 Å². The van der Waals surface area contributed by atoms with Gasteiger partial charge in [-0.25, -0.2) is 0 Å². The predicted molar refractivity (Wildman–Crippen MR) is 58.0 cm³/mol. The monoisotopic (exact) mass is 208 g/mol. The molecule has 0 aliphatic heterocycles. The Labute approximate surface area is 90.0 Å². The number of ether oxygens (including phenoxy) is 2. The molecule has 0 fully saturated rings. The van der Waals surface area contributed by atoms with E-state index in [1.807, 2.05) is 31.2 Å². The maximum Gasteiger partial charge on any atom is 0.165 e. The van der Waals surface area contributed by atoms with Crippen LogP contribution >= 0.6 is 0 Å². The molecule has 1 rings (SSSR count). The summed E-state index contributed by atoms with van der Waals surface area (Å²) in [5, 5.41) is 0. The van der Waals surface area contributed by atoms with Gasteiger partial charge in [0.05, 0.1) is 7.11 Å². The average Bonchev–Trinajstić information content (AvgIpc) is 2.30. The Hall–Kier alpha value is -1.35. The normalized spacial score (nSPS) is 12.2. The molecule has 1 aromatic rings. The van der Waals surface area contributed by atoms with Crippen molar-refractivity contribution in [2.75, 3.05) is 14.2 Å². The number of hydrogen-bond donors (Lipinski definition) is 0. The first-order valence-electron chi connectivity index (χ1n) is 4.92. The van der Waals surface area contributed by atoms with Crippen molar-refractivity contribution in [1.29, 1.82) is 0 Å². The van der Waals surface area contributed by atoms with Gasteiger partial charge in [0.15, 0.2) is 5.78 Å². The average molecular weight is 208 g/mol. The van der Waals surface area contributed by atoms with Gasteiger partial charge < -0.3 is 9.47 Å². The van der Waals surface area contributed by atoms with Gasteiger partial charge >= 0.3 is 0 Å². The minimum atomic E-state index is -0.457. The lowest BCUT2D eigenvalue weighted by Gasteiger charge is -2.13. The lowest BCUT2D eigenvalue weighted by atomic mass is 10.0. The van der Waals surface area contributed by atoms with E-state index in [4.69, 9.17) is 9.47 Å². The second-order valence-corrected chi connectivity index (χ2v) is 3.21. The van der Waals surface area contributed by atoms with Crippen molar-refractivity contribution in [2.45, 2.75) is 19.4 Å². The standard InChI is InChI=1S/C12H16O3/c1-4-11(13)12(15-3)9-5-7-10(14-2)8-6-9/h5-8,12H,4H2,1-3H3. The Balaban J connectivity index is 2.87. The Morgan fingerprint density at radius 2 is 1.87 bits per heavy atom. The molecular formula is C12H16O3. The molecule has 0 bridgehead atoms. The zero-order chi connectivity index (χ0) is 11.3. The van der Waals surface area contributed by atoms with Crippen LogP contribution in [-0.4, -0.2) is 20.0 Å². The zero-order valence-corrected chi connectivity index (χ0v) is 9.32. The van der Waals surface area contributed by atoms with Gasteiger partial charge in [0.2, 0.25) is 0 Å². The van der Waals surface area contributed by atoms with Gasteiger partial charge in [-0.15, -0.1) is 0 Å². The first-order valence-corrected chi connectivity index (χ1v) is 4.92. The lowest BCUT2D eigenvalue weighted by molar-refractivity contribution is -0.128. The second-order valence-electron chi connectivity index (χ2n) is 3.21. The number of Topliss-reactive ketones (excluding diaryl/α,β-unsaturated/α-hetero) is 1. The summed E-state index contributed by atoms with van der Waals surface area (Å²) >= 11 is 0. The van der Waals surface area contributed by atoms with Crippen LogP contribution in [-0.2, 0) is 9.53 Å². The van der Waals surface area contributed by atoms with Gasteiger partial charge in [0, 0.05) is 13.5 Å². The third-order valence-electron chi connectivity index (χ3n) is 2.30. The largest absolute Gasteiger partial charge is 0.497 e. The summed E-state index contributed by atoms with van der Waals surface area (Å²) in [6.07, 6.45) is 0.0192. The molecule has 0 amide bonds. The molecule has 1 atom stereocenters. The fraction of sp³-hybridized carbons (Fsp3) is 0.417. The van der Waals surface area contributed by atoms with Crippen LogP contribution in [0.25, 0.3) is 0 Å². The van der Waals surface area contributed by atoms with Crippen LogP contribution in [0.5, 0.6) is 5.75 Å². The summed E-state index contributed by atoms with van der Waals surface area (Å²) in [7, 11) is 3.16. The highest BCUT2D eigenvalue weighted by Crippen LogP contribution is 2.21. The maximum absolute atomic E-state index is 11.5. The molecule has 0 heterocycles. The fourth-order valence-electron chi connectivity index (χ4n) is 1.42. The minimum absolute atomic E-state index is 0.0858. The molecule has 3 heteroatoms. The Kier molecular flexibility index (Phi) is 4.31.